The lowest BCUT2D eigenvalue weighted by molar-refractivity contribution is 0.0528. The Labute approximate surface area is 227 Å². The molecule has 0 radical (unpaired) electrons. The highest BCUT2D eigenvalue weighted by Gasteiger charge is 2.19. The summed E-state index contributed by atoms with van der Waals surface area (Å²) in [5.41, 5.74) is 3.93. The summed E-state index contributed by atoms with van der Waals surface area (Å²) in [5, 5.41) is 12.0. The second kappa shape index (κ2) is 10.9. The third kappa shape index (κ3) is 5.46. The lowest BCUT2D eigenvalue weighted by atomic mass is 10.1. The molecule has 0 aliphatic rings. The highest BCUT2D eigenvalue weighted by molar-refractivity contribution is 7.17. The second-order valence-corrected chi connectivity index (χ2v) is 9.90. The Bertz CT molecular complexity index is 1580. The first-order valence-corrected chi connectivity index (χ1v) is 13.1. The standard InChI is InChI=1S/C27H21Cl2N3O4S/c1-3-34-27(33)20-12-30-25(29)23-18(14-37-24(20)23)13-35-21-11-17(7-4-15(21)2)26-32-31-22(36-26)10-16-5-8-19(28)9-6-16/h4-9,11-12,14H,3,10,13H2,1-2H3. The molecule has 188 valence electrons. The highest BCUT2D eigenvalue weighted by Crippen LogP contribution is 2.35. The van der Waals surface area contributed by atoms with Gasteiger partial charge in [-0.05, 0) is 54.6 Å². The van der Waals surface area contributed by atoms with Crippen LogP contribution in [0.4, 0.5) is 0 Å². The number of esters is 1. The van der Waals surface area contributed by atoms with Crippen LogP contribution in [0.1, 0.15) is 39.9 Å². The van der Waals surface area contributed by atoms with Gasteiger partial charge in [-0.3, -0.25) is 0 Å². The van der Waals surface area contributed by atoms with E-state index in [1.807, 2.05) is 54.8 Å². The molecule has 5 rings (SSSR count). The van der Waals surface area contributed by atoms with E-state index in [1.165, 1.54) is 17.5 Å². The van der Waals surface area contributed by atoms with Gasteiger partial charge in [0.15, 0.2) is 0 Å². The van der Waals surface area contributed by atoms with E-state index in [0.29, 0.717) is 45.1 Å². The van der Waals surface area contributed by atoms with Gasteiger partial charge in [-0.15, -0.1) is 21.5 Å². The first kappa shape index (κ1) is 25.2. The zero-order chi connectivity index (χ0) is 25.9. The van der Waals surface area contributed by atoms with Crippen molar-refractivity contribution in [3.05, 3.63) is 92.4 Å². The molecule has 2 aromatic carbocycles. The number of aryl methyl sites for hydroxylation is 1. The van der Waals surface area contributed by atoms with Gasteiger partial charge in [-0.1, -0.05) is 41.4 Å². The van der Waals surface area contributed by atoms with Crippen LogP contribution >= 0.6 is 34.5 Å². The SMILES string of the molecule is CCOC(=O)c1cnc(Cl)c2c(COc3cc(-c4nnc(Cc5ccc(Cl)cc5)o4)ccc3C)csc12. The van der Waals surface area contributed by atoms with E-state index in [-0.39, 0.29) is 13.2 Å². The number of aromatic nitrogens is 3. The number of benzene rings is 2. The van der Waals surface area contributed by atoms with Gasteiger partial charge in [0.05, 0.1) is 23.3 Å². The van der Waals surface area contributed by atoms with Gasteiger partial charge in [-0.2, -0.15) is 0 Å². The molecule has 0 N–H and O–H groups in total. The fourth-order valence-corrected chi connectivity index (χ4v) is 5.29. The molecule has 0 bridgehead atoms. The summed E-state index contributed by atoms with van der Waals surface area (Å²) in [5.74, 6) is 1.15. The lowest BCUT2D eigenvalue weighted by Gasteiger charge is -2.10. The molecule has 0 saturated carbocycles. The van der Waals surface area contributed by atoms with Crippen LogP contribution in [-0.2, 0) is 17.8 Å². The van der Waals surface area contributed by atoms with Crippen LogP contribution in [0.5, 0.6) is 5.75 Å². The zero-order valence-corrected chi connectivity index (χ0v) is 22.3. The smallest absolute Gasteiger partial charge is 0.341 e. The van der Waals surface area contributed by atoms with Crippen molar-refractivity contribution in [3.63, 3.8) is 0 Å². The number of nitrogens with zero attached hydrogens (tertiary/aromatic N) is 3. The van der Waals surface area contributed by atoms with Crippen molar-refractivity contribution >= 4 is 50.6 Å². The van der Waals surface area contributed by atoms with E-state index in [4.69, 9.17) is 37.1 Å². The first-order valence-electron chi connectivity index (χ1n) is 11.4. The fourth-order valence-electron chi connectivity index (χ4n) is 3.79. The Morgan fingerprint density at radius 1 is 1.11 bits per heavy atom. The summed E-state index contributed by atoms with van der Waals surface area (Å²) in [7, 11) is 0. The number of halogens is 2. The summed E-state index contributed by atoms with van der Waals surface area (Å²) in [6.45, 7) is 4.24. The molecule has 0 fully saturated rings. The summed E-state index contributed by atoms with van der Waals surface area (Å²) in [4.78, 5) is 16.5. The molecule has 0 atom stereocenters. The number of carbonyl (C=O) groups excluding carboxylic acids is 1. The number of pyridine rings is 1. The minimum atomic E-state index is -0.426. The van der Waals surface area contributed by atoms with Crippen molar-refractivity contribution in [2.45, 2.75) is 26.9 Å². The summed E-state index contributed by atoms with van der Waals surface area (Å²) < 4.78 is 17.9. The van der Waals surface area contributed by atoms with Crippen LogP contribution < -0.4 is 4.74 Å². The minimum Gasteiger partial charge on any atom is -0.489 e. The zero-order valence-electron chi connectivity index (χ0n) is 20.0. The number of carbonyl (C=O) groups is 1. The van der Waals surface area contributed by atoms with Gasteiger partial charge in [0.1, 0.15) is 17.5 Å². The number of rotatable bonds is 8. The highest BCUT2D eigenvalue weighted by atomic mass is 35.5. The first-order chi connectivity index (χ1) is 17.9. The molecule has 0 amide bonds. The average molecular weight is 554 g/mol. The van der Waals surface area contributed by atoms with Crippen molar-refractivity contribution in [2.75, 3.05) is 6.61 Å². The molecular weight excluding hydrogens is 533 g/mol. The number of fused-ring (bicyclic) bond motifs is 1. The molecule has 0 saturated heterocycles. The Morgan fingerprint density at radius 3 is 2.70 bits per heavy atom. The van der Waals surface area contributed by atoms with E-state index < -0.39 is 5.97 Å². The van der Waals surface area contributed by atoms with E-state index in [0.717, 1.165) is 27.0 Å². The van der Waals surface area contributed by atoms with Gasteiger partial charge in [0.2, 0.25) is 11.8 Å². The maximum Gasteiger partial charge on any atom is 0.341 e. The van der Waals surface area contributed by atoms with Crippen LogP contribution in [0.2, 0.25) is 10.2 Å². The van der Waals surface area contributed by atoms with Crippen LogP contribution in [0, 0.1) is 6.92 Å². The minimum absolute atomic E-state index is 0.240. The van der Waals surface area contributed by atoms with E-state index in [9.17, 15) is 4.79 Å². The molecule has 0 spiro atoms. The van der Waals surface area contributed by atoms with Crippen LogP contribution in [0.25, 0.3) is 21.5 Å². The van der Waals surface area contributed by atoms with Crippen molar-refractivity contribution in [1.29, 1.82) is 0 Å². The monoisotopic (exact) mass is 553 g/mol. The fraction of sp³-hybridized carbons (Fsp3) is 0.185. The largest absolute Gasteiger partial charge is 0.489 e. The lowest BCUT2D eigenvalue weighted by Crippen LogP contribution is -2.05. The van der Waals surface area contributed by atoms with Gasteiger partial charge in [0.25, 0.3) is 0 Å². The number of thiophene rings is 1. The van der Waals surface area contributed by atoms with Crippen molar-refractivity contribution in [2.24, 2.45) is 0 Å². The third-order valence-corrected chi connectivity index (χ3v) is 7.27. The maximum absolute atomic E-state index is 12.3. The van der Waals surface area contributed by atoms with Gasteiger partial charge in [-0.25, -0.2) is 9.78 Å². The molecule has 3 aromatic heterocycles. The number of hydrogen-bond donors (Lipinski definition) is 0. The van der Waals surface area contributed by atoms with Gasteiger partial charge >= 0.3 is 5.97 Å². The van der Waals surface area contributed by atoms with Gasteiger partial charge in [0, 0.05) is 27.7 Å². The Hall–Kier alpha value is -3.46. The van der Waals surface area contributed by atoms with E-state index >= 15 is 0 Å². The molecule has 37 heavy (non-hydrogen) atoms. The molecule has 0 aliphatic carbocycles. The molecule has 5 aromatic rings. The quantitative estimate of drug-likeness (QED) is 0.147. The topological polar surface area (TPSA) is 87.3 Å². The third-order valence-electron chi connectivity index (χ3n) is 5.67. The Kier molecular flexibility index (Phi) is 7.41. The average Bonchev–Trinajstić information content (AvgIpc) is 3.53. The van der Waals surface area contributed by atoms with E-state index in [1.54, 1.807) is 6.92 Å². The molecule has 10 heteroatoms. The predicted octanol–water partition coefficient (Wildman–Crippen LogP) is 7.31. The van der Waals surface area contributed by atoms with Gasteiger partial charge < -0.3 is 13.9 Å². The van der Waals surface area contributed by atoms with Crippen LogP contribution in [0.15, 0.2) is 58.5 Å². The number of hydrogen-bond acceptors (Lipinski definition) is 8. The Morgan fingerprint density at radius 2 is 1.92 bits per heavy atom. The maximum atomic E-state index is 12.3. The molecule has 7 nitrogen and oxygen atoms in total. The van der Waals surface area contributed by atoms with E-state index in [2.05, 4.69) is 15.2 Å². The predicted molar refractivity (Wildman–Crippen MR) is 144 cm³/mol. The van der Waals surface area contributed by atoms with Crippen molar-refractivity contribution in [3.8, 4) is 17.2 Å². The summed E-state index contributed by atoms with van der Waals surface area (Å²) in [6.07, 6.45) is 1.95. The number of ether oxygens (including phenoxy) is 2. The van der Waals surface area contributed by atoms with Crippen LogP contribution in [-0.4, -0.2) is 27.8 Å². The summed E-state index contributed by atoms with van der Waals surface area (Å²) >= 11 is 13.8. The molecule has 0 unspecified atom stereocenters. The molecular formula is C27H21Cl2N3O4S. The normalized spacial score (nSPS) is 11.1. The van der Waals surface area contributed by atoms with Crippen molar-refractivity contribution in [1.82, 2.24) is 15.2 Å². The second-order valence-electron chi connectivity index (χ2n) is 8.22. The Balaban J connectivity index is 1.35. The molecule has 3 heterocycles. The molecule has 0 aliphatic heterocycles. The van der Waals surface area contributed by atoms with Crippen LogP contribution in [0.3, 0.4) is 0 Å². The summed E-state index contributed by atoms with van der Waals surface area (Å²) in [6, 6.07) is 13.2. The van der Waals surface area contributed by atoms with Crippen molar-refractivity contribution < 1.29 is 18.7 Å².